The SMILES string of the molecule is Cc1nccn1[C@@H]1CCC[C@@H](NC(=O)c2cn3c(C)cccc3n2)[C@H]1O. The molecule has 0 unspecified atom stereocenters. The Kier molecular flexibility index (Phi) is 4.24. The highest BCUT2D eigenvalue weighted by atomic mass is 16.3. The van der Waals surface area contributed by atoms with Gasteiger partial charge in [-0.2, -0.15) is 0 Å². The normalized spacial score (nSPS) is 23.3. The summed E-state index contributed by atoms with van der Waals surface area (Å²) in [6, 6.07) is 5.40. The highest BCUT2D eigenvalue weighted by molar-refractivity contribution is 5.93. The Balaban J connectivity index is 1.53. The van der Waals surface area contributed by atoms with Crippen molar-refractivity contribution in [3.05, 3.63) is 54.0 Å². The first-order valence-corrected chi connectivity index (χ1v) is 8.97. The average Bonchev–Trinajstić information content (AvgIpc) is 3.24. The number of amides is 1. The molecule has 3 aromatic heterocycles. The number of aromatic nitrogens is 4. The van der Waals surface area contributed by atoms with Gasteiger partial charge in [-0.15, -0.1) is 0 Å². The van der Waals surface area contributed by atoms with Crippen molar-refractivity contribution in [1.29, 1.82) is 0 Å². The Hall–Kier alpha value is -2.67. The fraction of sp³-hybridized carbons (Fsp3) is 0.421. The Labute approximate surface area is 151 Å². The average molecular weight is 353 g/mol. The summed E-state index contributed by atoms with van der Waals surface area (Å²) in [5.41, 5.74) is 2.13. The second-order valence-corrected chi connectivity index (χ2v) is 6.97. The van der Waals surface area contributed by atoms with Crippen molar-refractivity contribution in [2.24, 2.45) is 0 Å². The van der Waals surface area contributed by atoms with Gasteiger partial charge in [-0.25, -0.2) is 9.97 Å². The molecule has 26 heavy (non-hydrogen) atoms. The van der Waals surface area contributed by atoms with Crippen LogP contribution in [0.1, 0.15) is 47.3 Å². The zero-order chi connectivity index (χ0) is 18.3. The first-order chi connectivity index (χ1) is 12.5. The van der Waals surface area contributed by atoms with Crippen molar-refractivity contribution >= 4 is 11.6 Å². The number of fused-ring (bicyclic) bond motifs is 1. The molecule has 1 saturated carbocycles. The maximum Gasteiger partial charge on any atom is 0.271 e. The standard InChI is InChI=1S/C19H23N5O2/c1-12-5-3-8-17-21-15(11-24(12)17)19(26)22-14-6-4-7-16(18(14)25)23-10-9-20-13(23)2/h3,5,8-11,14,16,18,25H,4,6-7H2,1-2H3,(H,22,26)/t14-,16-,18-/m1/s1. The van der Waals surface area contributed by atoms with E-state index in [9.17, 15) is 9.90 Å². The molecular formula is C19H23N5O2. The van der Waals surface area contributed by atoms with Gasteiger partial charge in [-0.1, -0.05) is 6.07 Å². The van der Waals surface area contributed by atoms with Gasteiger partial charge in [0, 0.05) is 24.3 Å². The number of hydrogen-bond donors (Lipinski definition) is 2. The molecule has 0 aromatic carbocycles. The van der Waals surface area contributed by atoms with Crippen molar-refractivity contribution in [3.63, 3.8) is 0 Å². The maximum atomic E-state index is 12.7. The minimum atomic E-state index is -0.653. The monoisotopic (exact) mass is 353 g/mol. The fourth-order valence-electron chi connectivity index (χ4n) is 3.86. The maximum absolute atomic E-state index is 12.7. The quantitative estimate of drug-likeness (QED) is 0.755. The van der Waals surface area contributed by atoms with Gasteiger partial charge in [0.25, 0.3) is 5.91 Å². The summed E-state index contributed by atoms with van der Waals surface area (Å²) in [6.45, 7) is 3.90. The highest BCUT2D eigenvalue weighted by Gasteiger charge is 2.34. The third-order valence-electron chi connectivity index (χ3n) is 5.29. The van der Waals surface area contributed by atoms with Crippen LogP contribution in [0.25, 0.3) is 5.65 Å². The number of carbonyl (C=O) groups excluding carboxylic acids is 1. The molecule has 0 bridgehead atoms. The van der Waals surface area contributed by atoms with Crippen LogP contribution in [0.15, 0.2) is 36.8 Å². The van der Waals surface area contributed by atoms with Crippen LogP contribution in [0.2, 0.25) is 0 Å². The molecule has 2 N–H and O–H groups in total. The predicted molar refractivity (Wildman–Crippen MR) is 97.0 cm³/mol. The van der Waals surface area contributed by atoms with Crippen molar-refractivity contribution in [2.75, 3.05) is 0 Å². The lowest BCUT2D eigenvalue weighted by Gasteiger charge is -2.36. The van der Waals surface area contributed by atoms with Crippen LogP contribution in [0.3, 0.4) is 0 Å². The third-order valence-corrected chi connectivity index (χ3v) is 5.29. The van der Waals surface area contributed by atoms with Crippen LogP contribution in [0.4, 0.5) is 0 Å². The van der Waals surface area contributed by atoms with Crippen LogP contribution < -0.4 is 5.32 Å². The minimum Gasteiger partial charge on any atom is -0.389 e. The van der Waals surface area contributed by atoms with Crippen molar-refractivity contribution in [1.82, 2.24) is 24.3 Å². The molecule has 0 aliphatic heterocycles. The molecule has 1 amide bonds. The molecule has 0 spiro atoms. The number of nitrogens with one attached hydrogen (secondary N) is 1. The van der Waals surface area contributed by atoms with E-state index < -0.39 is 6.10 Å². The number of carbonyl (C=O) groups is 1. The Bertz CT molecular complexity index is 944. The van der Waals surface area contributed by atoms with Crippen molar-refractivity contribution in [2.45, 2.75) is 51.3 Å². The second kappa shape index (κ2) is 6.57. The summed E-state index contributed by atoms with van der Waals surface area (Å²) in [6.07, 6.45) is 7.28. The minimum absolute atomic E-state index is 0.0696. The van der Waals surface area contributed by atoms with Crippen molar-refractivity contribution < 1.29 is 9.90 Å². The molecule has 1 aliphatic rings. The smallest absolute Gasteiger partial charge is 0.271 e. The third kappa shape index (κ3) is 2.88. The summed E-state index contributed by atoms with van der Waals surface area (Å²) >= 11 is 0. The Morgan fingerprint density at radius 3 is 2.88 bits per heavy atom. The van der Waals surface area contributed by atoms with Gasteiger partial charge in [-0.05, 0) is 45.2 Å². The summed E-state index contributed by atoms with van der Waals surface area (Å²) < 4.78 is 3.89. The molecule has 3 aromatic rings. The Morgan fingerprint density at radius 2 is 2.15 bits per heavy atom. The number of rotatable bonds is 3. The van der Waals surface area contributed by atoms with E-state index in [4.69, 9.17) is 0 Å². The molecule has 4 rings (SSSR count). The Morgan fingerprint density at radius 1 is 1.31 bits per heavy atom. The fourth-order valence-corrected chi connectivity index (χ4v) is 3.86. The predicted octanol–water partition coefficient (Wildman–Crippen LogP) is 2.03. The van der Waals surface area contributed by atoms with Gasteiger partial charge in [0.05, 0.1) is 18.2 Å². The number of aryl methyl sites for hydroxylation is 2. The molecule has 0 saturated heterocycles. The van der Waals surface area contributed by atoms with E-state index in [2.05, 4.69) is 15.3 Å². The van der Waals surface area contributed by atoms with E-state index in [-0.39, 0.29) is 18.0 Å². The number of imidazole rings is 2. The lowest BCUT2D eigenvalue weighted by Crippen LogP contribution is -2.49. The van der Waals surface area contributed by atoms with Gasteiger partial charge in [0.1, 0.15) is 17.2 Å². The largest absolute Gasteiger partial charge is 0.389 e. The van der Waals surface area contributed by atoms with Crippen LogP contribution in [-0.2, 0) is 0 Å². The summed E-state index contributed by atoms with van der Waals surface area (Å²) in [7, 11) is 0. The molecule has 3 atom stereocenters. The van der Waals surface area contributed by atoms with Gasteiger partial charge < -0.3 is 19.4 Å². The number of aliphatic hydroxyl groups is 1. The number of aliphatic hydroxyl groups excluding tert-OH is 1. The molecule has 1 fully saturated rings. The van der Waals surface area contributed by atoms with E-state index in [0.717, 1.165) is 36.4 Å². The number of pyridine rings is 1. The highest BCUT2D eigenvalue weighted by Crippen LogP contribution is 2.30. The van der Waals surface area contributed by atoms with Crippen LogP contribution in [0.5, 0.6) is 0 Å². The van der Waals surface area contributed by atoms with Crippen LogP contribution >= 0.6 is 0 Å². The lowest BCUT2D eigenvalue weighted by molar-refractivity contribution is 0.0391. The molecule has 3 heterocycles. The van der Waals surface area contributed by atoms with E-state index in [1.54, 1.807) is 12.4 Å². The van der Waals surface area contributed by atoms with Gasteiger partial charge in [0.15, 0.2) is 0 Å². The van der Waals surface area contributed by atoms with E-state index in [0.29, 0.717) is 5.69 Å². The molecule has 0 radical (unpaired) electrons. The van der Waals surface area contributed by atoms with Gasteiger partial charge in [-0.3, -0.25) is 4.79 Å². The van der Waals surface area contributed by atoms with Gasteiger partial charge >= 0.3 is 0 Å². The second-order valence-electron chi connectivity index (χ2n) is 6.97. The van der Waals surface area contributed by atoms with Gasteiger partial charge in [0.2, 0.25) is 0 Å². The number of nitrogens with zero attached hydrogens (tertiary/aromatic N) is 4. The summed E-state index contributed by atoms with van der Waals surface area (Å²) in [4.78, 5) is 21.3. The lowest BCUT2D eigenvalue weighted by atomic mass is 9.87. The molecule has 7 nitrogen and oxygen atoms in total. The zero-order valence-corrected chi connectivity index (χ0v) is 15.0. The van der Waals surface area contributed by atoms with Crippen LogP contribution in [0, 0.1) is 13.8 Å². The molecule has 7 heteroatoms. The summed E-state index contributed by atoms with van der Waals surface area (Å²) in [5.74, 6) is 0.622. The molecular weight excluding hydrogens is 330 g/mol. The van der Waals surface area contributed by atoms with E-state index in [1.165, 1.54) is 0 Å². The molecule has 1 aliphatic carbocycles. The number of hydrogen-bond acceptors (Lipinski definition) is 4. The summed E-state index contributed by atoms with van der Waals surface area (Å²) in [5, 5.41) is 13.8. The van der Waals surface area contributed by atoms with Crippen LogP contribution in [-0.4, -0.2) is 42.1 Å². The van der Waals surface area contributed by atoms with Crippen molar-refractivity contribution in [3.8, 4) is 0 Å². The zero-order valence-electron chi connectivity index (χ0n) is 15.0. The molecule has 136 valence electrons. The van der Waals surface area contributed by atoms with E-state index in [1.807, 2.05) is 47.2 Å². The van der Waals surface area contributed by atoms with E-state index >= 15 is 0 Å². The first kappa shape index (κ1) is 16.8. The topological polar surface area (TPSA) is 84.5 Å². The first-order valence-electron chi connectivity index (χ1n) is 8.97.